The summed E-state index contributed by atoms with van der Waals surface area (Å²) < 4.78 is 5.75. The van der Waals surface area contributed by atoms with Crippen LogP contribution in [0.15, 0.2) is 36.4 Å². The maximum Gasteiger partial charge on any atom is 0.137 e. The monoisotopic (exact) mass is 239 g/mol. The van der Waals surface area contributed by atoms with E-state index in [4.69, 9.17) is 11.2 Å². The largest absolute Gasteiger partial charge is 0.351 e. The Hall–Kier alpha value is -1.56. The molecule has 1 fully saturated rings. The number of fused-ring (bicyclic) bond motifs is 1. The minimum absolute atomic E-state index is 0.0394. The summed E-state index contributed by atoms with van der Waals surface area (Å²) in [5, 5.41) is 3.30. The number of nitrogens with one attached hydrogen (secondary N) is 1. The van der Waals surface area contributed by atoms with E-state index < -0.39 is 0 Å². The fraction of sp³-hybridized carbons (Fsp3) is 0.375. The van der Waals surface area contributed by atoms with Crippen LogP contribution in [0.4, 0.5) is 0 Å². The van der Waals surface area contributed by atoms with Crippen LogP contribution < -0.4 is 5.32 Å². The first kappa shape index (κ1) is 11.5. The van der Waals surface area contributed by atoms with Gasteiger partial charge >= 0.3 is 0 Å². The summed E-state index contributed by atoms with van der Waals surface area (Å²) >= 11 is 0. The predicted molar refractivity (Wildman–Crippen MR) is 73.1 cm³/mol. The van der Waals surface area contributed by atoms with Gasteiger partial charge in [0, 0.05) is 0 Å². The minimum Gasteiger partial charge on any atom is -0.351 e. The lowest BCUT2D eigenvalue weighted by atomic mass is 9.93. The maximum absolute atomic E-state index is 5.75. The quantitative estimate of drug-likeness (QED) is 0.563. The van der Waals surface area contributed by atoms with Crippen LogP contribution in [0.2, 0.25) is 0 Å². The molecule has 1 spiro atoms. The zero-order valence-electron chi connectivity index (χ0n) is 10.4. The van der Waals surface area contributed by atoms with Crippen molar-refractivity contribution in [3.63, 3.8) is 0 Å². The van der Waals surface area contributed by atoms with E-state index in [2.05, 4.69) is 41.6 Å². The lowest BCUT2D eigenvalue weighted by Gasteiger charge is -2.32. The van der Waals surface area contributed by atoms with Gasteiger partial charge in [0.1, 0.15) is 6.10 Å². The van der Waals surface area contributed by atoms with Crippen molar-refractivity contribution in [3.8, 4) is 23.5 Å². The maximum atomic E-state index is 5.75. The number of terminal acetylenes is 1. The van der Waals surface area contributed by atoms with Crippen LogP contribution >= 0.6 is 0 Å². The number of hydrogen-bond acceptors (Lipinski definition) is 2. The van der Waals surface area contributed by atoms with Crippen molar-refractivity contribution in [1.82, 2.24) is 5.32 Å². The highest BCUT2D eigenvalue weighted by Crippen LogP contribution is 2.32. The molecule has 18 heavy (non-hydrogen) atoms. The Balaban J connectivity index is 0.000000137. The molecule has 0 aromatic rings. The molecule has 0 aromatic carbocycles. The van der Waals surface area contributed by atoms with Crippen LogP contribution in [-0.4, -0.2) is 24.8 Å². The molecule has 0 aromatic heterocycles. The van der Waals surface area contributed by atoms with Crippen molar-refractivity contribution in [1.29, 1.82) is 0 Å². The highest BCUT2D eigenvalue weighted by molar-refractivity contribution is 5.80. The lowest BCUT2D eigenvalue weighted by molar-refractivity contribution is -0.0213. The van der Waals surface area contributed by atoms with Crippen molar-refractivity contribution in [2.45, 2.75) is 24.5 Å². The summed E-state index contributed by atoms with van der Waals surface area (Å²) in [5.74, 6) is 2.61. The summed E-state index contributed by atoms with van der Waals surface area (Å²) in [6.45, 7) is 2.06. The smallest absolute Gasteiger partial charge is 0.137 e. The average molecular weight is 239 g/mol. The molecule has 2 aliphatic heterocycles. The number of piperidine rings is 1. The molecule has 0 saturated carbocycles. The van der Waals surface area contributed by atoms with Crippen molar-refractivity contribution in [3.05, 3.63) is 36.4 Å². The van der Waals surface area contributed by atoms with Crippen molar-refractivity contribution in [2.75, 3.05) is 13.1 Å². The molecule has 0 amide bonds. The Morgan fingerprint density at radius 2 is 2.00 bits per heavy atom. The zero-order chi connectivity index (χ0) is 12.4. The van der Waals surface area contributed by atoms with E-state index in [9.17, 15) is 0 Å². The van der Waals surface area contributed by atoms with Crippen LogP contribution in [0.1, 0.15) is 12.8 Å². The number of rotatable bonds is 0. The van der Waals surface area contributed by atoms with E-state index in [0.717, 1.165) is 25.9 Å². The van der Waals surface area contributed by atoms with Gasteiger partial charge in [-0.25, -0.2) is 0 Å². The summed E-state index contributed by atoms with van der Waals surface area (Å²) in [7, 11) is 0. The molecule has 4 rings (SSSR count). The molecule has 1 unspecified atom stereocenters. The lowest BCUT2D eigenvalue weighted by Crippen LogP contribution is -2.41. The fourth-order valence-corrected chi connectivity index (χ4v) is 2.49. The highest BCUT2D eigenvalue weighted by Gasteiger charge is 2.35. The van der Waals surface area contributed by atoms with Gasteiger partial charge in [-0.2, -0.15) is 0 Å². The molecule has 2 aliphatic carbocycles. The first-order valence-electron chi connectivity index (χ1n) is 6.46. The first-order valence-corrected chi connectivity index (χ1v) is 6.46. The molecule has 2 heteroatoms. The van der Waals surface area contributed by atoms with E-state index >= 15 is 0 Å². The predicted octanol–water partition coefficient (Wildman–Crippen LogP) is 2.36. The average Bonchev–Trinajstić information content (AvgIpc) is 2.85. The second kappa shape index (κ2) is 4.61. The molecular formula is C16H17NO. The van der Waals surface area contributed by atoms with E-state index in [1.54, 1.807) is 0 Å². The summed E-state index contributed by atoms with van der Waals surface area (Å²) in [6.07, 6.45) is 11.4. The third-order valence-corrected chi connectivity index (χ3v) is 3.66. The van der Waals surface area contributed by atoms with Gasteiger partial charge in [-0.1, -0.05) is 30.2 Å². The zero-order valence-corrected chi connectivity index (χ0v) is 10.4. The van der Waals surface area contributed by atoms with Crippen LogP contribution in [0.5, 0.6) is 0 Å². The molecule has 0 bridgehead atoms. The molecule has 2 heterocycles. The van der Waals surface area contributed by atoms with Crippen molar-refractivity contribution in [2.24, 2.45) is 0 Å². The molecule has 1 N–H and O–H groups in total. The highest BCUT2D eigenvalue weighted by atomic mass is 16.5. The van der Waals surface area contributed by atoms with Gasteiger partial charge < -0.3 is 10.1 Å². The molecule has 4 aliphatic rings. The van der Waals surface area contributed by atoms with Gasteiger partial charge in [0.05, 0.1) is 5.60 Å². The molecule has 92 valence electrons. The number of hydrogen-bond donors (Lipinski definition) is 1. The third kappa shape index (κ3) is 2.33. The topological polar surface area (TPSA) is 21.3 Å². The van der Waals surface area contributed by atoms with Crippen molar-refractivity contribution < 1.29 is 4.74 Å². The summed E-state index contributed by atoms with van der Waals surface area (Å²) in [4.78, 5) is 0. The second-order valence-electron chi connectivity index (χ2n) is 4.96. The van der Waals surface area contributed by atoms with E-state index in [1.807, 2.05) is 6.08 Å². The van der Waals surface area contributed by atoms with Crippen LogP contribution in [0, 0.1) is 12.3 Å². The minimum atomic E-state index is -0.0944. The molecule has 1 atom stereocenters. The van der Waals surface area contributed by atoms with E-state index in [1.165, 1.54) is 11.1 Å². The summed E-state index contributed by atoms with van der Waals surface area (Å²) in [5.41, 5.74) is 2.81. The van der Waals surface area contributed by atoms with Gasteiger partial charge in [0.25, 0.3) is 0 Å². The Kier molecular flexibility index (Phi) is 2.95. The SMILES string of the molecule is C#CC1C=CC2(CCNCC2)O1.c1cc2cc-2c1. The van der Waals surface area contributed by atoms with Gasteiger partial charge in [0.2, 0.25) is 0 Å². The Bertz CT molecular complexity index is 489. The van der Waals surface area contributed by atoms with Gasteiger partial charge in [0.15, 0.2) is 0 Å². The van der Waals surface area contributed by atoms with E-state index in [-0.39, 0.29) is 11.7 Å². The molecular weight excluding hydrogens is 222 g/mol. The first-order chi connectivity index (χ1) is 8.81. The Morgan fingerprint density at radius 1 is 1.28 bits per heavy atom. The summed E-state index contributed by atoms with van der Waals surface area (Å²) in [6, 6.07) is 8.48. The second-order valence-corrected chi connectivity index (χ2v) is 4.96. The van der Waals surface area contributed by atoms with Gasteiger partial charge in [-0.3, -0.25) is 0 Å². The standard InChI is InChI=1S/C10H13NO.C6H4/c1-2-9-3-4-10(12-9)5-7-11-8-6-10;1-2-5-4-6(5)3-1/h1,3-4,9,11H,5-8H2;1-4H. The van der Waals surface area contributed by atoms with Crippen LogP contribution in [0.3, 0.4) is 0 Å². The molecule has 2 nitrogen and oxygen atoms in total. The van der Waals surface area contributed by atoms with Crippen molar-refractivity contribution >= 4 is 0 Å². The van der Waals surface area contributed by atoms with Crippen LogP contribution in [-0.2, 0) is 4.74 Å². The third-order valence-electron chi connectivity index (χ3n) is 3.66. The normalized spacial score (nSPS) is 25.2. The van der Waals surface area contributed by atoms with Gasteiger partial charge in [-0.05, 0) is 49.2 Å². The number of ether oxygens (including phenoxy) is 1. The Morgan fingerprint density at radius 3 is 2.44 bits per heavy atom. The Labute approximate surface area is 108 Å². The fourth-order valence-electron chi connectivity index (χ4n) is 2.49. The van der Waals surface area contributed by atoms with Gasteiger partial charge in [-0.15, -0.1) is 6.42 Å². The number of benzene rings is 1. The molecule has 0 radical (unpaired) electrons. The molecule has 1 saturated heterocycles. The van der Waals surface area contributed by atoms with Crippen LogP contribution in [0.25, 0.3) is 11.1 Å². The van der Waals surface area contributed by atoms with E-state index in [0.29, 0.717) is 0 Å².